The number of aromatic nitrogens is 1. The van der Waals surface area contributed by atoms with Crippen LogP contribution < -0.4 is 0 Å². The number of rotatable bonds is 9. The Morgan fingerprint density at radius 3 is 2.41 bits per heavy atom. The predicted octanol–water partition coefficient (Wildman–Crippen LogP) is 5.65. The van der Waals surface area contributed by atoms with E-state index in [1.54, 1.807) is 6.20 Å². The molecule has 0 spiro atoms. The number of aliphatic hydroxyl groups excluding tert-OH is 1. The molecule has 0 radical (unpaired) electrons. The van der Waals surface area contributed by atoms with E-state index >= 15 is 0 Å². The van der Waals surface area contributed by atoms with Gasteiger partial charge in [-0.15, -0.1) is 0 Å². The Hall–Kier alpha value is -2.85. The SMILES string of the molecule is Cc1cc(C(CC(c2ccc(CCCO)cc2)c2ccccc2C)N=O)ccn1. The van der Waals surface area contributed by atoms with E-state index in [0.29, 0.717) is 6.42 Å². The maximum atomic E-state index is 11.8. The van der Waals surface area contributed by atoms with E-state index in [9.17, 15) is 4.91 Å². The molecule has 4 nitrogen and oxygen atoms in total. The summed E-state index contributed by atoms with van der Waals surface area (Å²) in [7, 11) is 0. The molecule has 0 aliphatic heterocycles. The van der Waals surface area contributed by atoms with Gasteiger partial charge in [-0.3, -0.25) is 4.98 Å². The number of aryl methyl sites for hydroxylation is 3. The van der Waals surface area contributed by atoms with Crippen LogP contribution in [0.15, 0.2) is 72.0 Å². The van der Waals surface area contributed by atoms with Gasteiger partial charge in [0.05, 0.1) is 0 Å². The normalized spacial score (nSPS) is 13.1. The Bertz CT molecular complexity index is 938. The van der Waals surface area contributed by atoms with Crippen LogP contribution in [-0.4, -0.2) is 16.7 Å². The summed E-state index contributed by atoms with van der Waals surface area (Å²) in [6.07, 6.45) is 3.97. The van der Waals surface area contributed by atoms with Crippen LogP contribution in [0, 0.1) is 18.8 Å². The lowest BCUT2D eigenvalue weighted by atomic mass is 9.82. The van der Waals surface area contributed by atoms with E-state index in [1.165, 1.54) is 22.3 Å². The molecule has 0 saturated carbocycles. The standard InChI is InChI=1S/C25H28N2O2/c1-18-6-3-4-8-23(18)24(21-11-9-20(10-12-21)7-5-15-28)17-25(27-29)22-13-14-26-19(2)16-22/h3-4,6,8-14,16,24-25,28H,5,7,15,17H2,1-2H3. The maximum Gasteiger partial charge on any atom is 0.118 e. The number of pyridine rings is 1. The maximum absolute atomic E-state index is 11.8. The second-order valence-corrected chi connectivity index (χ2v) is 7.57. The topological polar surface area (TPSA) is 62.6 Å². The van der Waals surface area contributed by atoms with E-state index < -0.39 is 6.04 Å². The fourth-order valence-corrected chi connectivity index (χ4v) is 3.86. The van der Waals surface area contributed by atoms with Crippen LogP contribution in [0.2, 0.25) is 0 Å². The van der Waals surface area contributed by atoms with Crippen LogP contribution in [0.5, 0.6) is 0 Å². The fraction of sp³-hybridized carbons (Fsp3) is 0.320. The molecule has 0 saturated heterocycles. The molecule has 150 valence electrons. The molecule has 0 fully saturated rings. The molecule has 4 heteroatoms. The van der Waals surface area contributed by atoms with Gasteiger partial charge in [0.2, 0.25) is 0 Å². The van der Waals surface area contributed by atoms with Crippen LogP contribution in [0.1, 0.15) is 58.3 Å². The van der Waals surface area contributed by atoms with Gasteiger partial charge in [-0.25, -0.2) is 0 Å². The minimum absolute atomic E-state index is 0.0688. The summed E-state index contributed by atoms with van der Waals surface area (Å²) in [6.45, 7) is 4.23. The third-order valence-corrected chi connectivity index (χ3v) is 5.46. The van der Waals surface area contributed by atoms with E-state index in [2.05, 4.69) is 53.5 Å². The number of hydrogen-bond acceptors (Lipinski definition) is 4. The summed E-state index contributed by atoms with van der Waals surface area (Å²) in [4.78, 5) is 16.0. The first kappa shape index (κ1) is 20.9. The van der Waals surface area contributed by atoms with E-state index in [0.717, 1.165) is 24.1 Å². The number of nitroso groups, excluding NO2 is 1. The van der Waals surface area contributed by atoms with Gasteiger partial charge in [-0.2, -0.15) is 4.91 Å². The minimum atomic E-state index is -0.435. The van der Waals surface area contributed by atoms with Crippen molar-refractivity contribution in [1.82, 2.24) is 4.98 Å². The van der Waals surface area contributed by atoms with Crippen molar-refractivity contribution < 1.29 is 5.11 Å². The van der Waals surface area contributed by atoms with Gasteiger partial charge in [0.25, 0.3) is 0 Å². The van der Waals surface area contributed by atoms with Crippen molar-refractivity contribution in [3.05, 3.63) is 105 Å². The Balaban J connectivity index is 1.95. The molecule has 3 aromatic rings. The average molecular weight is 389 g/mol. The Morgan fingerprint density at radius 1 is 1.00 bits per heavy atom. The lowest BCUT2D eigenvalue weighted by molar-refractivity contribution is 0.288. The highest BCUT2D eigenvalue weighted by atomic mass is 16.3. The lowest BCUT2D eigenvalue weighted by Gasteiger charge is -2.23. The number of nitrogens with zero attached hydrogens (tertiary/aromatic N) is 2. The number of hydrogen-bond donors (Lipinski definition) is 1. The summed E-state index contributed by atoms with van der Waals surface area (Å²) >= 11 is 0. The zero-order valence-electron chi connectivity index (χ0n) is 17.1. The summed E-state index contributed by atoms with van der Waals surface area (Å²) in [5.41, 5.74) is 6.60. The zero-order chi connectivity index (χ0) is 20.6. The molecule has 1 aromatic heterocycles. The van der Waals surface area contributed by atoms with Crippen molar-refractivity contribution in [1.29, 1.82) is 0 Å². The molecule has 29 heavy (non-hydrogen) atoms. The van der Waals surface area contributed by atoms with Crippen LogP contribution in [0.3, 0.4) is 0 Å². The highest BCUT2D eigenvalue weighted by molar-refractivity contribution is 5.39. The average Bonchev–Trinajstić information content (AvgIpc) is 2.74. The third-order valence-electron chi connectivity index (χ3n) is 5.46. The first-order valence-electron chi connectivity index (χ1n) is 10.1. The van der Waals surface area contributed by atoms with Gasteiger partial charge in [0, 0.05) is 24.4 Å². The Labute approximate surface area is 172 Å². The smallest absolute Gasteiger partial charge is 0.118 e. The van der Waals surface area contributed by atoms with Crippen molar-refractivity contribution in [2.45, 2.75) is 45.1 Å². The van der Waals surface area contributed by atoms with Crippen LogP contribution in [0.25, 0.3) is 0 Å². The minimum Gasteiger partial charge on any atom is -0.396 e. The highest BCUT2D eigenvalue weighted by Crippen LogP contribution is 2.37. The Morgan fingerprint density at radius 2 is 1.76 bits per heavy atom. The largest absolute Gasteiger partial charge is 0.396 e. The molecule has 0 aliphatic rings. The summed E-state index contributed by atoms with van der Waals surface area (Å²) in [5, 5.41) is 12.5. The first-order valence-corrected chi connectivity index (χ1v) is 10.1. The van der Waals surface area contributed by atoms with Crippen molar-refractivity contribution in [2.24, 2.45) is 5.18 Å². The predicted molar refractivity (Wildman–Crippen MR) is 117 cm³/mol. The molecular formula is C25H28N2O2. The number of aliphatic hydroxyl groups is 1. The summed E-state index contributed by atoms with van der Waals surface area (Å²) < 4.78 is 0. The van der Waals surface area contributed by atoms with Gasteiger partial charge in [0.1, 0.15) is 6.04 Å². The monoisotopic (exact) mass is 388 g/mol. The van der Waals surface area contributed by atoms with Crippen molar-refractivity contribution in [3.63, 3.8) is 0 Å². The molecule has 1 N–H and O–H groups in total. The van der Waals surface area contributed by atoms with Gasteiger partial charge < -0.3 is 5.11 Å². The van der Waals surface area contributed by atoms with E-state index in [4.69, 9.17) is 5.11 Å². The van der Waals surface area contributed by atoms with E-state index in [1.807, 2.05) is 31.2 Å². The highest BCUT2D eigenvalue weighted by Gasteiger charge is 2.23. The molecule has 3 rings (SSSR count). The second kappa shape index (κ2) is 10.1. The molecular weight excluding hydrogens is 360 g/mol. The van der Waals surface area contributed by atoms with Gasteiger partial charge in [-0.05, 0) is 73.1 Å². The van der Waals surface area contributed by atoms with Gasteiger partial charge in [0.15, 0.2) is 0 Å². The zero-order valence-corrected chi connectivity index (χ0v) is 17.1. The first-order chi connectivity index (χ1) is 14.1. The Kier molecular flexibility index (Phi) is 7.25. The molecule has 2 unspecified atom stereocenters. The molecule has 0 bridgehead atoms. The van der Waals surface area contributed by atoms with Crippen LogP contribution in [-0.2, 0) is 6.42 Å². The van der Waals surface area contributed by atoms with Crippen molar-refractivity contribution in [3.8, 4) is 0 Å². The van der Waals surface area contributed by atoms with Crippen molar-refractivity contribution in [2.75, 3.05) is 6.61 Å². The molecule has 1 heterocycles. The van der Waals surface area contributed by atoms with Crippen LogP contribution >= 0.6 is 0 Å². The summed E-state index contributed by atoms with van der Waals surface area (Å²) in [6, 6.07) is 20.2. The molecule has 2 atom stereocenters. The quantitative estimate of drug-likeness (QED) is 0.482. The van der Waals surface area contributed by atoms with Crippen molar-refractivity contribution >= 4 is 0 Å². The lowest BCUT2D eigenvalue weighted by Crippen LogP contribution is -2.09. The van der Waals surface area contributed by atoms with Gasteiger partial charge in [-0.1, -0.05) is 53.7 Å². The summed E-state index contributed by atoms with van der Waals surface area (Å²) in [5.74, 6) is 0.0688. The second-order valence-electron chi connectivity index (χ2n) is 7.57. The van der Waals surface area contributed by atoms with Gasteiger partial charge >= 0.3 is 0 Å². The number of benzene rings is 2. The molecule has 2 aromatic carbocycles. The van der Waals surface area contributed by atoms with E-state index in [-0.39, 0.29) is 12.5 Å². The molecule has 0 amide bonds. The fourth-order valence-electron chi connectivity index (χ4n) is 3.86. The third kappa shape index (κ3) is 5.36. The van der Waals surface area contributed by atoms with Crippen LogP contribution in [0.4, 0.5) is 0 Å². The molecule has 0 aliphatic carbocycles.